The Bertz CT molecular complexity index is 936. The van der Waals surface area contributed by atoms with Gasteiger partial charge in [0.25, 0.3) is 0 Å². The van der Waals surface area contributed by atoms with Gasteiger partial charge in [-0.2, -0.15) is 0 Å². The summed E-state index contributed by atoms with van der Waals surface area (Å²) in [6.45, 7) is 3.66. The van der Waals surface area contributed by atoms with Crippen LogP contribution in [-0.4, -0.2) is 87.5 Å². The Balaban J connectivity index is 2.46. The van der Waals surface area contributed by atoms with Gasteiger partial charge in [-0.25, -0.2) is 0 Å². The van der Waals surface area contributed by atoms with E-state index < -0.39 is 49.5 Å². The van der Waals surface area contributed by atoms with Crippen LogP contribution in [0.1, 0.15) is 155 Å². The third kappa shape index (κ3) is 24.2. The minimum Gasteiger partial charge on any atom is -0.394 e. The quantitative estimate of drug-likeness (QED) is 0.0309. The second-order valence-electron chi connectivity index (χ2n) is 14.1. The van der Waals surface area contributed by atoms with Gasteiger partial charge in [0, 0.05) is 6.42 Å². The van der Waals surface area contributed by atoms with Gasteiger partial charge in [0.05, 0.1) is 25.4 Å². The van der Waals surface area contributed by atoms with Gasteiger partial charge in [0.2, 0.25) is 5.91 Å². The summed E-state index contributed by atoms with van der Waals surface area (Å²) in [6, 6.07) is -0.831. The van der Waals surface area contributed by atoms with Crippen LogP contribution in [0.3, 0.4) is 0 Å². The number of hydrogen-bond acceptors (Lipinski definition) is 8. The van der Waals surface area contributed by atoms with E-state index in [1.165, 1.54) is 64.2 Å². The molecule has 1 amide bonds. The van der Waals surface area contributed by atoms with Gasteiger partial charge in [-0.3, -0.25) is 4.79 Å². The van der Waals surface area contributed by atoms with Crippen LogP contribution in [0.15, 0.2) is 48.6 Å². The van der Waals surface area contributed by atoms with Crippen molar-refractivity contribution in [3.63, 3.8) is 0 Å². The molecule has 1 aliphatic heterocycles. The number of unbranched alkanes of at least 4 members (excludes halogenated alkanes) is 16. The van der Waals surface area contributed by atoms with E-state index in [2.05, 4.69) is 55.6 Å². The number of carbonyl (C=O) groups is 1. The van der Waals surface area contributed by atoms with E-state index in [1.54, 1.807) is 6.08 Å². The fourth-order valence-corrected chi connectivity index (χ4v) is 5.99. The van der Waals surface area contributed by atoms with Gasteiger partial charge in [0.15, 0.2) is 6.29 Å². The van der Waals surface area contributed by atoms with Crippen molar-refractivity contribution in [1.82, 2.24) is 5.32 Å². The first-order valence-electron chi connectivity index (χ1n) is 20.4. The maximum Gasteiger partial charge on any atom is 0.220 e. The molecule has 0 radical (unpaired) electrons. The number of rotatable bonds is 32. The van der Waals surface area contributed by atoms with E-state index in [-0.39, 0.29) is 12.5 Å². The Morgan fingerprint density at radius 1 is 0.647 bits per heavy atom. The van der Waals surface area contributed by atoms with Crippen molar-refractivity contribution in [2.45, 2.75) is 198 Å². The summed E-state index contributed by atoms with van der Waals surface area (Å²) in [5.41, 5.74) is 0. The minimum absolute atomic E-state index is 0.209. The highest BCUT2D eigenvalue weighted by Crippen LogP contribution is 2.22. The number of aliphatic hydroxyl groups excluding tert-OH is 5. The average molecular weight is 722 g/mol. The molecule has 51 heavy (non-hydrogen) atoms. The summed E-state index contributed by atoms with van der Waals surface area (Å²) in [6.07, 6.45) is 33.0. The molecule has 1 heterocycles. The van der Waals surface area contributed by atoms with Crippen molar-refractivity contribution in [1.29, 1.82) is 0 Å². The number of carbonyl (C=O) groups excluding carboxylic acids is 1. The maximum absolute atomic E-state index is 12.8. The summed E-state index contributed by atoms with van der Waals surface area (Å²) >= 11 is 0. The monoisotopic (exact) mass is 722 g/mol. The summed E-state index contributed by atoms with van der Waals surface area (Å²) in [4.78, 5) is 12.8. The maximum atomic E-state index is 12.8. The Hall–Kier alpha value is -1.85. The molecule has 0 bridgehead atoms. The van der Waals surface area contributed by atoms with Crippen LogP contribution in [0.4, 0.5) is 0 Å². The highest BCUT2D eigenvalue weighted by molar-refractivity contribution is 5.76. The van der Waals surface area contributed by atoms with Gasteiger partial charge in [-0.15, -0.1) is 0 Å². The van der Waals surface area contributed by atoms with Gasteiger partial charge in [-0.05, 0) is 64.2 Å². The van der Waals surface area contributed by atoms with E-state index in [9.17, 15) is 30.3 Å². The van der Waals surface area contributed by atoms with E-state index in [4.69, 9.17) is 9.47 Å². The van der Waals surface area contributed by atoms with E-state index >= 15 is 0 Å². The molecule has 1 saturated heterocycles. The summed E-state index contributed by atoms with van der Waals surface area (Å²) in [5.74, 6) is -0.209. The van der Waals surface area contributed by atoms with E-state index in [1.807, 2.05) is 6.08 Å². The van der Waals surface area contributed by atoms with Gasteiger partial charge in [-0.1, -0.05) is 133 Å². The third-order valence-corrected chi connectivity index (χ3v) is 9.35. The number of ether oxygens (including phenoxy) is 2. The number of aliphatic hydroxyl groups is 5. The minimum atomic E-state index is -1.57. The Morgan fingerprint density at radius 3 is 1.71 bits per heavy atom. The van der Waals surface area contributed by atoms with Crippen molar-refractivity contribution < 1.29 is 39.8 Å². The first-order valence-corrected chi connectivity index (χ1v) is 20.4. The lowest BCUT2D eigenvalue weighted by molar-refractivity contribution is -0.302. The van der Waals surface area contributed by atoms with E-state index in [0.717, 1.165) is 70.6 Å². The van der Waals surface area contributed by atoms with Gasteiger partial charge < -0.3 is 40.3 Å². The lowest BCUT2D eigenvalue weighted by atomic mass is 9.99. The standard InChI is InChI=1S/C42H75NO8/c1-3-5-7-9-11-13-15-16-17-18-19-20-21-22-23-25-27-29-31-36(45)35(34-50-42-41(49)40(48)39(47)37(33-44)51-42)43-38(46)32-30-28-26-24-14-12-10-8-6-4-2/h10,12,18-19,22-23,29,31,35-37,39-42,44-45,47-49H,3-9,11,13-17,20-21,24-28,30,32-34H2,1-2H3,(H,43,46)/b12-10-,19-18+,23-22+,31-29+. The first-order chi connectivity index (χ1) is 24.8. The molecule has 7 atom stereocenters. The summed E-state index contributed by atoms with van der Waals surface area (Å²) < 4.78 is 11.1. The molecule has 0 aromatic carbocycles. The number of amides is 1. The molecule has 0 saturated carbocycles. The Morgan fingerprint density at radius 2 is 1.14 bits per heavy atom. The smallest absolute Gasteiger partial charge is 0.220 e. The molecular weight excluding hydrogens is 646 g/mol. The van der Waals surface area contributed by atoms with Crippen LogP contribution in [-0.2, 0) is 14.3 Å². The molecule has 9 nitrogen and oxygen atoms in total. The van der Waals surface area contributed by atoms with Crippen LogP contribution < -0.4 is 5.32 Å². The molecule has 7 unspecified atom stereocenters. The zero-order valence-electron chi connectivity index (χ0n) is 32.1. The van der Waals surface area contributed by atoms with Crippen molar-refractivity contribution >= 4 is 5.91 Å². The molecule has 0 aromatic heterocycles. The van der Waals surface area contributed by atoms with Crippen molar-refractivity contribution in [3.8, 4) is 0 Å². The lowest BCUT2D eigenvalue weighted by Crippen LogP contribution is -2.60. The SMILES string of the molecule is CCCC/C=C\CCCCCCC(=O)NC(COC1OC(CO)C(O)C(O)C1O)C(O)/C=C/CC/C=C/CC/C=C/CCCCCCCCCC. The normalized spacial score (nSPS) is 22.5. The molecule has 0 aromatic rings. The third-order valence-electron chi connectivity index (χ3n) is 9.35. The summed E-state index contributed by atoms with van der Waals surface area (Å²) in [7, 11) is 0. The molecule has 1 fully saturated rings. The molecule has 0 spiro atoms. The Kier molecular flexibility index (Phi) is 30.3. The zero-order valence-corrected chi connectivity index (χ0v) is 32.1. The van der Waals surface area contributed by atoms with Gasteiger partial charge in [0.1, 0.15) is 24.4 Å². The van der Waals surface area contributed by atoms with Gasteiger partial charge >= 0.3 is 0 Å². The topological polar surface area (TPSA) is 149 Å². The van der Waals surface area contributed by atoms with Crippen LogP contribution in [0, 0.1) is 0 Å². The second kappa shape index (κ2) is 32.8. The second-order valence-corrected chi connectivity index (χ2v) is 14.1. The average Bonchev–Trinajstić information content (AvgIpc) is 3.13. The number of allylic oxidation sites excluding steroid dienone is 7. The van der Waals surface area contributed by atoms with Crippen molar-refractivity contribution in [2.24, 2.45) is 0 Å². The Labute approximate surface area is 310 Å². The van der Waals surface area contributed by atoms with Crippen molar-refractivity contribution in [2.75, 3.05) is 13.2 Å². The first kappa shape index (κ1) is 47.2. The fourth-order valence-electron chi connectivity index (χ4n) is 5.99. The van der Waals surface area contributed by atoms with Crippen LogP contribution in [0.2, 0.25) is 0 Å². The zero-order chi connectivity index (χ0) is 37.4. The fraction of sp³-hybridized carbons (Fsp3) is 0.786. The number of hydrogen-bond donors (Lipinski definition) is 6. The molecule has 1 rings (SSSR count). The molecule has 9 heteroatoms. The highest BCUT2D eigenvalue weighted by atomic mass is 16.7. The lowest BCUT2D eigenvalue weighted by Gasteiger charge is -2.40. The molecular formula is C42H75NO8. The summed E-state index contributed by atoms with van der Waals surface area (Å²) in [5, 5.41) is 53.9. The molecule has 1 aliphatic rings. The van der Waals surface area contributed by atoms with Crippen LogP contribution >= 0.6 is 0 Å². The predicted octanol–water partition coefficient (Wildman–Crippen LogP) is 7.50. The van der Waals surface area contributed by atoms with Crippen molar-refractivity contribution in [3.05, 3.63) is 48.6 Å². The number of nitrogens with one attached hydrogen (secondary N) is 1. The van der Waals surface area contributed by atoms with Crippen LogP contribution in [0.25, 0.3) is 0 Å². The van der Waals surface area contributed by atoms with Crippen LogP contribution in [0.5, 0.6) is 0 Å². The highest BCUT2D eigenvalue weighted by Gasteiger charge is 2.44. The molecule has 6 N–H and O–H groups in total. The molecule has 296 valence electrons. The largest absolute Gasteiger partial charge is 0.394 e. The predicted molar refractivity (Wildman–Crippen MR) is 207 cm³/mol. The molecule has 0 aliphatic carbocycles. The van der Waals surface area contributed by atoms with E-state index in [0.29, 0.717) is 6.42 Å².